The third-order valence-corrected chi connectivity index (χ3v) is 6.01. The molecule has 5 heteroatoms. The number of carbonyl (C=O) groups excluding carboxylic acids is 1. The molecule has 0 aliphatic heterocycles. The Bertz CT molecular complexity index is 1020. The molecule has 0 fully saturated rings. The fourth-order valence-electron chi connectivity index (χ4n) is 3.05. The molecule has 3 aromatic carbocycles. The van der Waals surface area contributed by atoms with Crippen LogP contribution in [0.1, 0.15) is 17.0 Å². The molecule has 4 aromatic rings. The fraction of sp³-hybridized carbons (Fsp3) is 0.0909. The predicted molar refractivity (Wildman–Crippen MR) is 115 cm³/mol. The van der Waals surface area contributed by atoms with Gasteiger partial charge in [0, 0.05) is 4.90 Å². The van der Waals surface area contributed by atoms with Crippen LogP contribution in [-0.2, 0) is 4.79 Å². The van der Waals surface area contributed by atoms with Crippen LogP contribution >= 0.6 is 23.1 Å². The van der Waals surface area contributed by atoms with Crippen molar-refractivity contribution in [2.75, 3.05) is 11.6 Å². The summed E-state index contributed by atoms with van der Waals surface area (Å²) >= 11 is 3.20. The lowest BCUT2D eigenvalue weighted by Gasteiger charge is -2.16. The molecule has 0 aliphatic rings. The molecule has 0 radical (unpaired) electrons. The smallest absolute Gasteiger partial charge is 0.238 e. The SMILES string of the molecule is CSc1ccc2nc(NC(=O)C(c3ccccc3)c3ccccc3)sc2c1. The molecule has 0 bridgehead atoms. The van der Waals surface area contributed by atoms with Crippen LogP contribution in [0.15, 0.2) is 83.8 Å². The van der Waals surface area contributed by atoms with Gasteiger partial charge in [-0.05, 0) is 35.6 Å². The number of carbonyl (C=O) groups is 1. The molecule has 0 saturated heterocycles. The molecule has 1 heterocycles. The highest BCUT2D eigenvalue weighted by atomic mass is 32.2. The Kier molecular flexibility index (Phi) is 5.23. The molecule has 1 amide bonds. The molecule has 1 N–H and O–H groups in total. The van der Waals surface area contributed by atoms with E-state index in [9.17, 15) is 4.79 Å². The zero-order chi connectivity index (χ0) is 18.6. The first kappa shape index (κ1) is 17.8. The normalized spacial score (nSPS) is 11.0. The number of rotatable bonds is 5. The maximum atomic E-state index is 13.2. The van der Waals surface area contributed by atoms with Crippen molar-refractivity contribution < 1.29 is 4.79 Å². The van der Waals surface area contributed by atoms with Gasteiger partial charge in [0.2, 0.25) is 5.91 Å². The first-order valence-corrected chi connectivity index (χ1v) is 10.6. The summed E-state index contributed by atoms with van der Waals surface area (Å²) in [4.78, 5) is 18.9. The Balaban J connectivity index is 1.66. The predicted octanol–water partition coefficient (Wildman–Crippen LogP) is 5.79. The number of hydrogen-bond donors (Lipinski definition) is 1. The quantitative estimate of drug-likeness (QED) is 0.439. The van der Waals surface area contributed by atoms with Crippen molar-refractivity contribution in [2.24, 2.45) is 0 Å². The Hall–Kier alpha value is -2.63. The van der Waals surface area contributed by atoms with Gasteiger partial charge >= 0.3 is 0 Å². The van der Waals surface area contributed by atoms with Crippen molar-refractivity contribution >= 4 is 44.4 Å². The van der Waals surface area contributed by atoms with Crippen LogP contribution in [-0.4, -0.2) is 17.1 Å². The number of aromatic nitrogens is 1. The van der Waals surface area contributed by atoms with Crippen LogP contribution in [0.5, 0.6) is 0 Å². The van der Waals surface area contributed by atoms with Crippen molar-refractivity contribution in [1.29, 1.82) is 0 Å². The molecule has 3 nitrogen and oxygen atoms in total. The number of thiazole rings is 1. The van der Waals surface area contributed by atoms with Gasteiger partial charge in [-0.3, -0.25) is 4.79 Å². The Morgan fingerprint density at radius 1 is 0.963 bits per heavy atom. The summed E-state index contributed by atoms with van der Waals surface area (Å²) in [5, 5.41) is 3.66. The van der Waals surface area contributed by atoms with Crippen molar-refractivity contribution in [1.82, 2.24) is 4.98 Å². The number of amides is 1. The average Bonchev–Trinajstić information content (AvgIpc) is 3.11. The molecule has 4 rings (SSSR count). The van der Waals surface area contributed by atoms with E-state index in [0.717, 1.165) is 21.3 Å². The molecule has 0 aliphatic carbocycles. The van der Waals surface area contributed by atoms with Crippen molar-refractivity contribution in [3.8, 4) is 0 Å². The molecular formula is C22H18N2OS2. The summed E-state index contributed by atoms with van der Waals surface area (Å²) in [5.41, 5.74) is 2.84. The third kappa shape index (κ3) is 3.89. The van der Waals surface area contributed by atoms with Crippen LogP contribution < -0.4 is 5.32 Å². The summed E-state index contributed by atoms with van der Waals surface area (Å²) in [5.74, 6) is -0.447. The summed E-state index contributed by atoms with van der Waals surface area (Å²) in [7, 11) is 0. The number of nitrogens with one attached hydrogen (secondary N) is 1. The Labute approximate surface area is 166 Å². The fourth-order valence-corrected chi connectivity index (χ4v) is 4.47. The second kappa shape index (κ2) is 7.94. The molecular weight excluding hydrogens is 372 g/mol. The van der Waals surface area contributed by atoms with E-state index in [1.165, 1.54) is 16.2 Å². The van der Waals surface area contributed by atoms with Crippen LogP contribution in [0.25, 0.3) is 10.2 Å². The van der Waals surface area contributed by atoms with Crippen molar-refractivity contribution in [3.05, 3.63) is 90.0 Å². The number of anilines is 1. The lowest BCUT2D eigenvalue weighted by Crippen LogP contribution is -2.22. The Morgan fingerprint density at radius 3 is 2.19 bits per heavy atom. The highest BCUT2D eigenvalue weighted by Gasteiger charge is 2.23. The molecule has 134 valence electrons. The minimum atomic E-state index is -0.374. The first-order valence-electron chi connectivity index (χ1n) is 8.60. The second-order valence-electron chi connectivity index (χ2n) is 6.10. The van der Waals surface area contributed by atoms with Gasteiger partial charge < -0.3 is 5.32 Å². The number of thioether (sulfide) groups is 1. The monoisotopic (exact) mass is 390 g/mol. The molecule has 0 spiro atoms. The Morgan fingerprint density at radius 2 is 1.59 bits per heavy atom. The van der Waals surface area contributed by atoms with E-state index in [2.05, 4.69) is 28.7 Å². The van der Waals surface area contributed by atoms with Gasteiger partial charge in [-0.15, -0.1) is 11.8 Å². The molecule has 27 heavy (non-hydrogen) atoms. The highest BCUT2D eigenvalue weighted by molar-refractivity contribution is 7.98. The van der Waals surface area contributed by atoms with Crippen LogP contribution in [0.2, 0.25) is 0 Å². The third-order valence-electron chi connectivity index (χ3n) is 4.35. The molecule has 0 unspecified atom stereocenters. The van der Waals surface area contributed by atoms with Gasteiger partial charge in [0.1, 0.15) is 0 Å². The number of nitrogens with zero attached hydrogens (tertiary/aromatic N) is 1. The maximum Gasteiger partial charge on any atom is 0.238 e. The van der Waals surface area contributed by atoms with E-state index in [1.54, 1.807) is 11.8 Å². The second-order valence-corrected chi connectivity index (χ2v) is 8.01. The van der Waals surface area contributed by atoms with E-state index in [0.29, 0.717) is 5.13 Å². The summed E-state index contributed by atoms with van der Waals surface area (Å²) in [6.07, 6.45) is 2.05. The van der Waals surface area contributed by atoms with E-state index in [-0.39, 0.29) is 11.8 Å². The van der Waals surface area contributed by atoms with Crippen LogP contribution in [0, 0.1) is 0 Å². The van der Waals surface area contributed by atoms with E-state index >= 15 is 0 Å². The molecule has 0 atom stereocenters. The van der Waals surface area contributed by atoms with Gasteiger partial charge in [-0.25, -0.2) is 4.98 Å². The van der Waals surface area contributed by atoms with Gasteiger partial charge in [0.05, 0.1) is 16.1 Å². The zero-order valence-electron chi connectivity index (χ0n) is 14.8. The van der Waals surface area contributed by atoms with E-state index in [1.807, 2.05) is 66.7 Å². The topological polar surface area (TPSA) is 42.0 Å². The average molecular weight is 391 g/mol. The summed E-state index contributed by atoms with van der Waals surface area (Å²) in [6, 6.07) is 25.9. The minimum Gasteiger partial charge on any atom is -0.301 e. The van der Waals surface area contributed by atoms with Crippen LogP contribution in [0.3, 0.4) is 0 Å². The van der Waals surface area contributed by atoms with Gasteiger partial charge in [0.15, 0.2) is 5.13 Å². The summed E-state index contributed by atoms with van der Waals surface area (Å²) in [6.45, 7) is 0. The van der Waals surface area contributed by atoms with E-state index < -0.39 is 0 Å². The van der Waals surface area contributed by atoms with Gasteiger partial charge in [0.25, 0.3) is 0 Å². The number of hydrogen-bond acceptors (Lipinski definition) is 4. The summed E-state index contributed by atoms with van der Waals surface area (Å²) < 4.78 is 1.08. The lowest BCUT2D eigenvalue weighted by atomic mass is 9.90. The first-order chi connectivity index (χ1) is 13.2. The largest absolute Gasteiger partial charge is 0.301 e. The number of fused-ring (bicyclic) bond motifs is 1. The van der Waals surface area contributed by atoms with E-state index in [4.69, 9.17) is 0 Å². The number of benzene rings is 3. The van der Waals surface area contributed by atoms with Crippen LogP contribution in [0.4, 0.5) is 5.13 Å². The molecule has 1 aromatic heterocycles. The maximum absolute atomic E-state index is 13.2. The highest BCUT2D eigenvalue weighted by Crippen LogP contribution is 2.31. The van der Waals surface area contributed by atoms with Gasteiger partial charge in [-0.1, -0.05) is 72.0 Å². The minimum absolute atomic E-state index is 0.0726. The van der Waals surface area contributed by atoms with Crippen molar-refractivity contribution in [2.45, 2.75) is 10.8 Å². The standard InChI is InChI=1S/C22H18N2OS2/c1-26-17-12-13-18-19(14-17)27-22(23-18)24-21(25)20(15-8-4-2-5-9-15)16-10-6-3-7-11-16/h2-14,20H,1H3,(H,23,24,25). The lowest BCUT2D eigenvalue weighted by molar-refractivity contribution is -0.116. The van der Waals surface area contributed by atoms with Crippen molar-refractivity contribution in [3.63, 3.8) is 0 Å². The zero-order valence-corrected chi connectivity index (χ0v) is 16.4. The van der Waals surface area contributed by atoms with Gasteiger partial charge in [-0.2, -0.15) is 0 Å². The molecule has 0 saturated carbocycles.